The second kappa shape index (κ2) is 7.20. The SMILES string of the molecule is Cc1cn2cc(NC(=O)c3ccc(N4C[C@@H](C)N[C@@H](C)C4)cc3F)ncc2n1. The van der Waals surface area contributed by atoms with Crippen LogP contribution in [0, 0.1) is 12.7 Å². The summed E-state index contributed by atoms with van der Waals surface area (Å²) < 4.78 is 16.4. The van der Waals surface area contributed by atoms with Gasteiger partial charge in [-0.2, -0.15) is 0 Å². The minimum absolute atomic E-state index is 0.0105. The van der Waals surface area contributed by atoms with Crippen molar-refractivity contribution in [2.75, 3.05) is 23.3 Å². The van der Waals surface area contributed by atoms with Crippen LogP contribution >= 0.6 is 0 Å². The van der Waals surface area contributed by atoms with Crippen molar-refractivity contribution in [1.82, 2.24) is 19.7 Å². The van der Waals surface area contributed by atoms with E-state index in [1.54, 1.807) is 22.9 Å². The van der Waals surface area contributed by atoms with Crippen molar-refractivity contribution in [3.05, 3.63) is 53.9 Å². The first-order chi connectivity index (χ1) is 13.4. The van der Waals surface area contributed by atoms with Crippen LogP contribution in [0.4, 0.5) is 15.9 Å². The van der Waals surface area contributed by atoms with E-state index in [-0.39, 0.29) is 5.56 Å². The molecular weight excluding hydrogens is 359 g/mol. The normalized spacial score (nSPS) is 19.8. The smallest absolute Gasteiger partial charge is 0.259 e. The second-order valence-corrected chi connectivity index (χ2v) is 7.41. The number of benzene rings is 1. The summed E-state index contributed by atoms with van der Waals surface area (Å²) in [4.78, 5) is 23.1. The van der Waals surface area contributed by atoms with E-state index in [9.17, 15) is 9.18 Å². The fourth-order valence-corrected chi connectivity index (χ4v) is 3.70. The summed E-state index contributed by atoms with van der Waals surface area (Å²) in [6.45, 7) is 7.67. The Labute approximate surface area is 162 Å². The Morgan fingerprint density at radius 1 is 1.25 bits per heavy atom. The van der Waals surface area contributed by atoms with Gasteiger partial charge in [0.1, 0.15) is 11.6 Å². The molecule has 146 valence electrons. The molecule has 1 saturated heterocycles. The molecule has 3 aromatic rings. The average molecular weight is 382 g/mol. The first-order valence-electron chi connectivity index (χ1n) is 9.32. The molecular formula is C20H23FN6O. The van der Waals surface area contributed by atoms with E-state index in [0.717, 1.165) is 24.5 Å². The van der Waals surface area contributed by atoms with Crippen molar-refractivity contribution < 1.29 is 9.18 Å². The van der Waals surface area contributed by atoms with E-state index in [0.29, 0.717) is 23.5 Å². The maximum atomic E-state index is 14.7. The molecule has 2 atom stereocenters. The van der Waals surface area contributed by atoms with E-state index in [1.807, 2.05) is 13.1 Å². The third-order valence-corrected chi connectivity index (χ3v) is 4.82. The van der Waals surface area contributed by atoms with Crippen LogP contribution in [0.5, 0.6) is 0 Å². The van der Waals surface area contributed by atoms with Gasteiger partial charge in [0.2, 0.25) is 0 Å². The largest absolute Gasteiger partial charge is 0.368 e. The number of aromatic nitrogens is 3. The Hall–Kier alpha value is -3.00. The number of imidazole rings is 1. The lowest BCUT2D eigenvalue weighted by Gasteiger charge is -2.37. The predicted octanol–water partition coefficient (Wildman–Crippen LogP) is 2.62. The molecule has 1 fully saturated rings. The first-order valence-corrected chi connectivity index (χ1v) is 9.32. The Bertz CT molecular complexity index is 1020. The molecule has 2 N–H and O–H groups in total. The second-order valence-electron chi connectivity index (χ2n) is 7.41. The van der Waals surface area contributed by atoms with Gasteiger partial charge in [-0.15, -0.1) is 0 Å². The Morgan fingerprint density at radius 2 is 2.00 bits per heavy atom. The molecule has 1 aliphatic rings. The van der Waals surface area contributed by atoms with Gasteiger partial charge >= 0.3 is 0 Å². The number of halogens is 1. The Kier molecular flexibility index (Phi) is 4.72. The lowest BCUT2D eigenvalue weighted by molar-refractivity contribution is 0.102. The molecule has 0 unspecified atom stereocenters. The van der Waals surface area contributed by atoms with Crippen molar-refractivity contribution in [2.45, 2.75) is 32.9 Å². The lowest BCUT2D eigenvalue weighted by Crippen LogP contribution is -2.54. The highest BCUT2D eigenvalue weighted by molar-refractivity contribution is 6.04. The molecule has 1 aliphatic heterocycles. The highest BCUT2D eigenvalue weighted by atomic mass is 19.1. The highest BCUT2D eigenvalue weighted by Gasteiger charge is 2.22. The van der Waals surface area contributed by atoms with E-state index >= 15 is 0 Å². The van der Waals surface area contributed by atoms with E-state index < -0.39 is 11.7 Å². The maximum absolute atomic E-state index is 14.7. The number of anilines is 2. The molecule has 0 bridgehead atoms. The van der Waals surface area contributed by atoms with Gasteiger partial charge in [0, 0.05) is 37.1 Å². The summed E-state index contributed by atoms with van der Waals surface area (Å²) in [7, 11) is 0. The number of fused-ring (bicyclic) bond motifs is 1. The van der Waals surface area contributed by atoms with Crippen LogP contribution in [-0.2, 0) is 0 Å². The summed E-state index contributed by atoms with van der Waals surface area (Å²) in [6, 6.07) is 5.39. The van der Waals surface area contributed by atoms with E-state index in [4.69, 9.17) is 0 Å². The van der Waals surface area contributed by atoms with Gasteiger partial charge < -0.3 is 19.9 Å². The van der Waals surface area contributed by atoms with Crippen LogP contribution in [0.15, 0.2) is 36.8 Å². The van der Waals surface area contributed by atoms with Crippen LogP contribution in [-0.4, -0.2) is 45.4 Å². The number of amides is 1. The van der Waals surface area contributed by atoms with E-state index in [1.165, 1.54) is 12.1 Å². The number of nitrogens with one attached hydrogen (secondary N) is 2. The molecule has 3 heterocycles. The third kappa shape index (κ3) is 3.68. The van der Waals surface area contributed by atoms with Crippen LogP contribution in [0.25, 0.3) is 5.65 Å². The van der Waals surface area contributed by atoms with Gasteiger partial charge in [-0.05, 0) is 39.0 Å². The van der Waals surface area contributed by atoms with E-state index in [2.05, 4.69) is 39.3 Å². The molecule has 0 radical (unpaired) electrons. The predicted molar refractivity (Wildman–Crippen MR) is 106 cm³/mol. The molecule has 28 heavy (non-hydrogen) atoms. The molecule has 2 aromatic heterocycles. The van der Waals surface area contributed by atoms with Crippen molar-refractivity contribution >= 4 is 23.1 Å². The fraction of sp³-hybridized carbons (Fsp3) is 0.350. The van der Waals surface area contributed by atoms with Gasteiger partial charge in [-0.1, -0.05) is 0 Å². The van der Waals surface area contributed by atoms with Gasteiger partial charge in [0.15, 0.2) is 5.65 Å². The van der Waals surface area contributed by atoms with Crippen LogP contribution in [0.1, 0.15) is 29.9 Å². The summed E-state index contributed by atoms with van der Waals surface area (Å²) >= 11 is 0. The molecule has 1 aromatic carbocycles. The van der Waals surface area contributed by atoms with Crippen LogP contribution in [0.2, 0.25) is 0 Å². The first kappa shape index (κ1) is 18.4. The van der Waals surface area contributed by atoms with Crippen LogP contribution < -0.4 is 15.5 Å². The molecule has 1 amide bonds. The zero-order chi connectivity index (χ0) is 19.8. The number of carbonyl (C=O) groups is 1. The fourth-order valence-electron chi connectivity index (χ4n) is 3.70. The minimum Gasteiger partial charge on any atom is -0.368 e. The van der Waals surface area contributed by atoms with Gasteiger partial charge in [0.05, 0.1) is 23.7 Å². The topological polar surface area (TPSA) is 74.6 Å². The molecule has 7 nitrogen and oxygen atoms in total. The zero-order valence-electron chi connectivity index (χ0n) is 16.1. The monoisotopic (exact) mass is 382 g/mol. The molecule has 0 spiro atoms. The molecule has 4 rings (SSSR count). The summed E-state index contributed by atoms with van der Waals surface area (Å²) in [5.74, 6) is -0.744. The quantitative estimate of drug-likeness (QED) is 0.728. The molecule has 0 aliphatic carbocycles. The lowest BCUT2D eigenvalue weighted by atomic mass is 10.1. The highest BCUT2D eigenvalue weighted by Crippen LogP contribution is 2.22. The molecule has 8 heteroatoms. The van der Waals surface area contributed by atoms with Crippen molar-refractivity contribution in [2.24, 2.45) is 0 Å². The number of hydrogen-bond acceptors (Lipinski definition) is 5. The van der Waals surface area contributed by atoms with Gasteiger partial charge in [-0.3, -0.25) is 4.79 Å². The summed E-state index contributed by atoms with van der Waals surface area (Å²) in [6.07, 6.45) is 5.05. The van der Waals surface area contributed by atoms with Crippen molar-refractivity contribution in [1.29, 1.82) is 0 Å². The Morgan fingerprint density at radius 3 is 2.71 bits per heavy atom. The Balaban J connectivity index is 1.52. The minimum atomic E-state index is -0.548. The van der Waals surface area contributed by atoms with Gasteiger partial charge in [-0.25, -0.2) is 14.4 Å². The van der Waals surface area contributed by atoms with Gasteiger partial charge in [0.25, 0.3) is 5.91 Å². The summed E-state index contributed by atoms with van der Waals surface area (Å²) in [5.41, 5.74) is 2.31. The number of rotatable bonds is 3. The standard InChI is InChI=1S/C20H23FN6O/c1-12-8-26(9-13(2)23-12)15-4-5-16(17(21)6-15)20(28)25-18-11-27-10-14(3)24-19(27)7-22-18/h4-7,10-13,23H,8-9H2,1-3H3,(H,25,28)/t12-,13+. The number of piperazine rings is 1. The number of aryl methyl sites for hydroxylation is 1. The van der Waals surface area contributed by atoms with Crippen molar-refractivity contribution in [3.63, 3.8) is 0 Å². The number of nitrogens with zero attached hydrogens (tertiary/aromatic N) is 4. The third-order valence-electron chi connectivity index (χ3n) is 4.82. The van der Waals surface area contributed by atoms with Crippen molar-refractivity contribution in [3.8, 4) is 0 Å². The zero-order valence-corrected chi connectivity index (χ0v) is 16.1. The van der Waals surface area contributed by atoms with Crippen LogP contribution in [0.3, 0.4) is 0 Å². The maximum Gasteiger partial charge on any atom is 0.259 e. The summed E-state index contributed by atoms with van der Waals surface area (Å²) in [5, 5.41) is 6.10. The molecule has 0 saturated carbocycles. The average Bonchev–Trinajstić information content (AvgIpc) is 3.00. The number of carbonyl (C=O) groups excluding carboxylic acids is 1. The number of hydrogen-bond donors (Lipinski definition) is 2.